The molecule has 0 aliphatic heterocycles. The molecule has 1 heterocycles. The Kier molecular flexibility index (Phi) is 5.75. The van der Waals surface area contributed by atoms with Gasteiger partial charge in [-0.1, -0.05) is 12.1 Å². The fourth-order valence-corrected chi connectivity index (χ4v) is 3.49. The number of rotatable bonds is 6. The third-order valence-corrected chi connectivity index (χ3v) is 5.24. The zero-order valence-electron chi connectivity index (χ0n) is 17.4. The number of ether oxygens (including phenoxy) is 2. The molecule has 28 heavy (non-hydrogen) atoms. The second-order valence-corrected chi connectivity index (χ2v) is 7.28. The van der Waals surface area contributed by atoms with Gasteiger partial charge in [0.15, 0.2) is 11.5 Å². The van der Waals surface area contributed by atoms with Crippen LogP contribution in [0, 0.1) is 20.8 Å². The van der Waals surface area contributed by atoms with Gasteiger partial charge >= 0.3 is 5.63 Å². The Morgan fingerprint density at radius 3 is 2.21 bits per heavy atom. The molecule has 1 aromatic heterocycles. The molecule has 0 saturated carbocycles. The van der Waals surface area contributed by atoms with Crippen LogP contribution in [-0.2, 0) is 13.1 Å². The predicted octanol–water partition coefficient (Wildman–Crippen LogP) is 4.37. The summed E-state index contributed by atoms with van der Waals surface area (Å²) in [6, 6.07) is 9.69. The van der Waals surface area contributed by atoms with E-state index >= 15 is 0 Å². The number of benzene rings is 2. The Morgan fingerprint density at radius 1 is 0.893 bits per heavy atom. The van der Waals surface area contributed by atoms with Crippen molar-refractivity contribution in [2.75, 3.05) is 21.3 Å². The highest BCUT2D eigenvalue weighted by atomic mass is 16.5. The van der Waals surface area contributed by atoms with Crippen LogP contribution in [0.15, 0.2) is 39.5 Å². The molecule has 148 valence electrons. The van der Waals surface area contributed by atoms with Crippen LogP contribution < -0.4 is 15.1 Å². The van der Waals surface area contributed by atoms with Crippen molar-refractivity contribution in [1.29, 1.82) is 0 Å². The van der Waals surface area contributed by atoms with E-state index in [0.717, 1.165) is 45.5 Å². The first kappa shape index (κ1) is 20.0. The molecule has 0 amide bonds. The molecule has 0 aliphatic carbocycles. The van der Waals surface area contributed by atoms with Gasteiger partial charge in [-0.05, 0) is 67.8 Å². The maximum Gasteiger partial charge on any atom is 0.336 e. The first-order valence-electron chi connectivity index (χ1n) is 9.27. The van der Waals surface area contributed by atoms with Crippen molar-refractivity contribution >= 4 is 11.0 Å². The molecule has 0 fully saturated rings. The molecule has 0 N–H and O–H groups in total. The fraction of sp³-hybridized carbons (Fsp3) is 0.348. The Bertz CT molecular complexity index is 1070. The largest absolute Gasteiger partial charge is 0.493 e. The number of methoxy groups -OCH3 is 2. The number of hydrogen-bond acceptors (Lipinski definition) is 5. The molecule has 5 nitrogen and oxygen atoms in total. The standard InChI is InChI=1S/C23H27NO4/c1-14-7-8-19-18(11-22(25)28-23(19)16(14)3)13-24(4)12-17-10-21(27-6)20(26-5)9-15(17)2/h7-11H,12-13H2,1-6H3. The van der Waals surface area contributed by atoms with E-state index in [2.05, 4.69) is 17.9 Å². The van der Waals surface area contributed by atoms with Gasteiger partial charge in [0.05, 0.1) is 14.2 Å². The molecule has 2 aromatic carbocycles. The van der Waals surface area contributed by atoms with E-state index in [0.29, 0.717) is 17.9 Å². The lowest BCUT2D eigenvalue weighted by atomic mass is 10.0. The zero-order chi connectivity index (χ0) is 20.4. The third-order valence-electron chi connectivity index (χ3n) is 5.24. The highest BCUT2D eigenvalue weighted by Gasteiger charge is 2.14. The summed E-state index contributed by atoms with van der Waals surface area (Å²) >= 11 is 0. The van der Waals surface area contributed by atoms with Gasteiger partial charge in [-0.25, -0.2) is 4.79 Å². The van der Waals surface area contributed by atoms with E-state index in [4.69, 9.17) is 13.9 Å². The summed E-state index contributed by atoms with van der Waals surface area (Å²) < 4.78 is 16.3. The van der Waals surface area contributed by atoms with Crippen molar-refractivity contribution in [3.63, 3.8) is 0 Å². The molecule has 5 heteroatoms. The number of fused-ring (bicyclic) bond motifs is 1. The molecule has 0 atom stereocenters. The van der Waals surface area contributed by atoms with Crippen LogP contribution in [0.1, 0.15) is 27.8 Å². The smallest absolute Gasteiger partial charge is 0.336 e. The Morgan fingerprint density at radius 2 is 1.54 bits per heavy atom. The molecule has 0 aliphatic rings. The molecule has 0 radical (unpaired) electrons. The minimum absolute atomic E-state index is 0.313. The van der Waals surface area contributed by atoms with Gasteiger partial charge in [-0.3, -0.25) is 4.90 Å². The van der Waals surface area contributed by atoms with Gasteiger partial charge in [0.2, 0.25) is 0 Å². The lowest BCUT2D eigenvalue weighted by Crippen LogP contribution is -2.19. The molecular formula is C23H27NO4. The molecule has 0 bridgehead atoms. The quantitative estimate of drug-likeness (QED) is 0.594. The topological polar surface area (TPSA) is 51.9 Å². The highest BCUT2D eigenvalue weighted by Crippen LogP contribution is 2.31. The van der Waals surface area contributed by atoms with Gasteiger partial charge in [0.25, 0.3) is 0 Å². The summed E-state index contributed by atoms with van der Waals surface area (Å²) in [4.78, 5) is 14.3. The molecular weight excluding hydrogens is 354 g/mol. The molecule has 3 rings (SSSR count). The summed E-state index contributed by atoms with van der Waals surface area (Å²) in [5.74, 6) is 1.44. The van der Waals surface area contributed by atoms with Gasteiger partial charge in [0.1, 0.15) is 5.58 Å². The summed E-state index contributed by atoms with van der Waals surface area (Å²) in [7, 11) is 5.32. The highest BCUT2D eigenvalue weighted by molar-refractivity contribution is 5.83. The van der Waals surface area contributed by atoms with Crippen molar-refractivity contribution < 1.29 is 13.9 Å². The number of hydrogen-bond donors (Lipinski definition) is 0. The zero-order valence-corrected chi connectivity index (χ0v) is 17.4. The van der Waals surface area contributed by atoms with E-state index in [-0.39, 0.29) is 5.63 Å². The van der Waals surface area contributed by atoms with Crippen molar-refractivity contribution in [2.24, 2.45) is 0 Å². The van der Waals surface area contributed by atoms with Crippen LogP contribution in [0.4, 0.5) is 0 Å². The van der Waals surface area contributed by atoms with Gasteiger partial charge in [0, 0.05) is 24.5 Å². The van der Waals surface area contributed by atoms with Crippen molar-refractivity contribution in [2.45, 2.75) is 33.9 Å². The monoisotopic (exact) mass is 381 g/mol. The van der Waals surface area contributed by atoms with Gasteiger partial charge in [-0.15, -0.1) is 0 Å². The maximum absolute atomic E-state index is 12.1. The first-order valence-corrected chi connectivity index (χ1v) is 9.27. The van der Waals surface area contributed by atoms with Crippen LogP contribution in [0.5, 0.6) is 11.5 Å². The second-order valence-electron chi connectivity index (χ2n) is 7.28. The van der Waals surface area contributed by atoms with Crippen molar-refractivity contribution in [1.82, 2.24) is 4.90 Å². The SMILES string of the molecule is COc1cc(C)c(CN(C)Cc2cc(=O)oc3c(C)c(C)ccc23)cc1OC. The van der Waals surface area contributed by atoms with Crippen LogP contribution >= 0.6 is 0 Å². The van der Waals surface area contributed by atoms with Crippen LogP contribution in [0.3, 0.4) is 0 Å². The second kappa shape index (κ2) is 8.07. The maximum atomic E-state index is 12.1. The van der Waals surface area contributed by atoms with E-state index < -0.39 is 0 Å². The Labute approximate surface area is 165 Å². The molecule has 3 aromatic rings. The van der Waals surface area contributed by atoms with Crippen molar-refractivity contribution in [3.05, 3.63) is 68.6 Å². The summed E-state index contributed by atoms with van der Waals surface area (Å²) in [6.07, 6.45) is 0. The Balaban J connectivity index is 1.91. The van der Waals surface area contributed by atoms with E-state index in [1.807, 2.05) is 39.1 Å². The number of aryl methyl sites for hydroxylation is 3. The van der Waals surface area contributed by atoms with Gasteiger partial charge < -0.3 is 13.9 Å². The minimum atomic E-state index is -0.313. The van der Waals surface area contributed by atoms with Crippen LogP contribution in [0.2, 0.25) is 0 Å². The molecule has 0 saturated heterocycles. The molecule has 0 unspecified atom stereocenters. The van der Waals surface area contributed by atoms with Gasteiger partial charge in [-0.2, -0.15) is 0 Å². The van der Waals surface area contributed by atoms with E-state index in [1.165, 1.54) is 0 Å². The first-order chi connectivity index (χ1) is 13.3. The predicted molar refractivity (Wildman–Crippen MR) is 111 cm³/mol. The Hall–Kier alpha value is -2.79. The average molecular weight is 381 g/mol. The average Bonchev–Trinajstić information content (AvgIpc) is 2.66. The summed E-state index contributed by atoms with van der Waals surface area (Å²) in [5.41, 5.74) is 5.74. The molecule has 0 spiro atoms. The minimum Gasteiger partial charge on any atom is -0.493 e. The lowest BCUT2D eigenvalue weighted by molar-refractivity contribution is 0.316. The van der Waals surface area contributed by atoms with Crippen LogP contribution in [0.25, 0.3) is 11.0 Å². The summed E-state index contributed by atoms with van der Waals surface area (Å²) in [5, 5.41) is 0.985. The lowest BCUT2D eigenvalue weighted by Gasteiger charge is -2.20. The van der Waals surface area contributed by atoms with Crippen molar-refractivity contribution in [3.8, 4) is 11.5 Å². The van der Waals surface area contributed by atoms with Crippen LogP contribution in [-0.4, -0.2) is 26.2 Å². The fourth-order valence-electron chi connectivity index (χ4n) is 3.49. The number of nitrogens with zero attached hydrogens (tertiary/aromatic N) is 1. The normalized spacial score (nSPS) is 11.2. The van der Waals surface area contributed by atoms with E-state index in [9.17, 15) is 4.79 Å². The summed E-state index contributed by atoms with van der Waals surface area (Å²) in [6.45, 7) is 7.43. The third kappa shape index (κ3) is 3.90. The van der Waals surface area contributed by atoms with E-state index in [1.54, 1.807) is 20.3 Å².